The van der Waals surface area contributed by atoms with Gasteiger partial charge in [-0.05, 0) is 11.1 Å². The minimum atomic E-state index is 0.667. The second kappa shape index (κ2) is 6.65. The van der Waals surface area contributed by atoms with Crippen molar-refractivity contribution in [2.24, 2.45) is 0 Å². The molecular weight excluding hydrogens is 366 g/mol. The Kier molecular flexibility index (Phi) is 3.98. The first kappa shape index (κ1) is 16.8. The molecule has 0 aliphatic carbocycles. The summed E-state index contributed by atoms with van der Waals surface area (Å²) in [6, 6.07) is 18.9. The van der Waals surface area contributed by atoms with Crippen LogP contribution < -0.4 is 4.90 Å². The first-order valence-corrected chi connectivity index (χ1v) is 9.77. The average Bonchev–Trinajstić information content (AvgIpc) is 3.12. The van der Waals surface area contributed by atoms with E-state index in [4.69, 9.17) is 9.97 Å². The summed E-state index contributed by atoms with van der Waals surface area (Å²) in [4.78, 5) is 21.3. The fourth-order valence-corrected chi connectivity index (χ4v) is 4.25. The van der Waals surface area contributed by atoms with Gasteiger partial charge >= 0.3 is 0 Å². The summed E-state index contributed by atoms with van der Waals surface area (Å²) in [5.41, 5.74) is 6.04. The normalized spacial score (nSPS) is 11.2. The largest absolute Gasteiger partial charge is 0.347 e. The number of aromatic nitrogens is 4. The average molecular weight is 383 g/mol. The number of rotatable bonds is 3. The Balaban J connectivity index is 1.71. The van der Waals surface area contributed by atoms with Crippen LogP contribution in [0.25, 0.3) is 42.9 Å². The second-order valence-electron chi connectivity index (χ2n) is 6.70. The number of hydrogen-bond acceptors (Lipinski definition) is 6. The van der Waals surface area contributed by atoms with Crippen molar-refractivity contribution >= 4 is 37.8 Å². The Morgan fingerprint density at radius 3 is 2.14 bits per heavy atom. The molecule has 0 saturated heterocycles. The quantitative estimate of drug-likeness (QED) is 0.437. The first-order chi connectivity index (χ1) is 13.7. The summed E-state index contributed by atoms with van der Waals surface area (Å²) in [5.74, 6) is 0.667. The molecule has 5 nitrogen and oxygen atoms in total. The lowest BCUT2D eigenvalue weighted by Crippen LogP contribution is -2.13. The fraction of sp³-hybridized carbons (Fsp3) is 0.0909. The van der Waals surface area contributed by atoms with Crippen LogP contribution in [0.3, 0.4) is 0 Å². The van der Waals surface area contributed by atoms with Gasteiger partial charge in [-0.25, -0.2) is 19.9 Å². The molecular formula is C22H17N5S. The Morgan fingerprint density at radius 1 is 0.714 bits per heavy atom. The molecule has 0 aliphatic rings. The molecule has 0 aliphatic heterocycles. The Bertz CT molecular complexity index is 1280. The zero-order chi connectivity index (χ0) is 19.1. The van der Waals surface area contributed by atoms with Gasteiger partial charge in [0.25, 0.3) is 0 Å². The van der Waals surface area contributed by atoms with E-state index in [1.54, 1.807) is 23.7 Å². The lowest BCUT2D eigenvalue weighted by Gasteiger charge is -2.12. The molecule has 0 unspecified atom stereocenters. The number of nitrogens with zero attached hydrogens (tertiary/aromatic N) is 5. The van der Waals surface area contributed by atoms with Crippen molar-refractivity contribution in [2.75, 3.05) is 19.0 Å². The van der Waals surface area contributed by atoms with E-state index in [1.807, 2.05) is 25.1 Å². The van der Waals surface area contributed by atoms with Gasteiger partial charge in [-0.2, -0.15) is 0 Å². The highest BCUT2D eigenvalue weighted by Gasteiger charge is 2.17. The van der Waals surface area contributed by atoms with E-state index < -0.39 is 0 Å². The van der Waals surface area contributed by atoms with Crippen LogP contribution in [0.15, 0.2) is 67.0 Å². The summed E-state index contributed by atoms with van der Waals surface area (Å²) in [6.07, 6.45) is 3.42. The van der Waals surface area contributed by atoms with Crippen LogP contribution in [0, 0.1) is 0 Å². The van der Waals surface area contributed by atoms with Crippen molar-refractivity contribution in [3.05, 3.63) is 67.0 Å². The lowest BCUT2D eigenvalue weighted by molar-refractivity contribution is 1.02. The van der Waals surface area contributed by atoms with Crippen LogP contribution >= 0.6 is 11.3 Å². The molecule has 0 saturated carbocycles. The second-order valence-corrected chi connectivity index (χ2v) is 7.70. The number of benzene rings is 2. The van der Waals surface area contributed by atoms with Gasteiger partial charge < -0.3 is 4.90 Å². The highest BCUT2D eigenvalue weighted by atomic mass is 32.1. The van der Waals surface area contributed by atoms with Gasteiger partial charge in [0.05, 0.1) is 10.4 Å². The van der Waals surface area contributed by atoms with Gasteiger partial charge in [0.15, 0.2) is 0 Å². The summed E-state index contributed by atoms with van der Waals surface area (Å²) in [6.45, 7) is 0. The van der Waals surface area contributed by atoms with Crippen molar-refractivity contribution in [1.82, 2.24) is 19.9 Å². The Hall–Kier alpha value is -3.38. The smallest absolute Gasteiger partial charge is 0.226 e. The fourth-order valence-electron chi connectivity index (χ4n) is 3.20. The van der Waals surface area contributed by atoms with Crippen LogP contribution in [0.1, 0.15) is 0 Å². The number of hydrogen-bond donors (Lipinski definition) is 0. The maximum atomic E-state index is 4.84. The lowest BCUT2D eigenvalue weighted by atomic mass is 10.0. The zero-order valence-corrected chi connectivity index (χ0v) is 16.3. The maximum absolute atomic E-state index is 4.84. The van der Waals surface area contributed by atoms with Gasteiger partial charge in [0, 0.05) is 32.1 Å². The molecule has 0 fully saturated rings. The van der Waals surface area contributed by atoms with E-state index in [1.165, 1.54) is 11.1 Å². The molecule has 0 atom stereocenters. The molecule has 136 valence electrons. The number of thiophene rings is 1. The van der Waals surface area contributed by atoms with Gasteiger partial charge in [-0.15, -0.1) is 11.3 Å². The van der Waals surface area contributed by atoms with Gasteiger partial charge in [-0.1, -0.05) is 54.6 Å². The van der Waals surface area contributed by atoms with Gasteiger partial charge in [0.2, 0.25) is 5.95 Å². The third-order valence-corrected chi connectivity index (χ3v) is 5.69. The third-order valence-electron chi connectivity index (χ3n) is 4.61. The SMILES string of the molecule is CN(C)c1nc(-c2ccc(-c3ccccc3)cc2)c2sc3nccnc3c2n1. The minimum absolute atomic E-state index is 0.667. The van der Waals surface area contributed by atoms with Gasteiger partial charge in [-0.3, -0.25) is 0 Å². The van der Waals surface area contributed by atoms with Crippen molar-refractivity contribution in [3.63, 3.8) is 0 Å². The van der Waals surface area contributed by atoms with E-state index in [0.29, 0.717) is 5.95 Å². The molecule has 3 aromatic heterocycles. The molecule has 5 rings (SSSR count). The molecule has 0 radical (unpaired) electrons. The van der Waals surface area contributed by atoms with Crippen LogP contribution in [0.2, 0.25) is 0 Å². The molecule has 28 heavy (non-hydrogen) atoms. The topological polar surface area (TPSA) is 54.8 Å². The molecule has 2 aromatic carbocycles. The van der Waals surface area contributed by atoms with Crippen LogP contribution in [0.4, 0.5) is 5.95 Å². The molecule has 5 aromatic rings. The maximum Gasteiger partial charge on any atom is 0.226 e. The summed E-state index contributed by atoms with van der Waals surface area (Å²) in [7, 11) is 3.90. The first-order valence-electron chi connectivity index (χ1n) is 8.95. The van der Waals surface area contributed by atoms with Crippen LogP contribution in [-0.4, -0.2) is 34.0 Å². The Morgan fingerprint density at radius 2 is 1.39 bits per heavy atom. The molecule has 0 spiro atoms. The summed E-state index contributed by atoms with van der Waals surface area (Å²) >= 11 is 1.59. The van der Waals surface area contributed by atoms with Gasteiger partial charge in [0.1, 0.15) is 15.9 Å². The van der Waals surface area contributed by atoms with E-state index in [2.05, 4.69) is 58.5 Å². The standard InChI is InChI=1S/C22H17N5S/c1-27(2)22-25-17(20-18(26-22)19-21(28-20)24-13-12-23-19)16-10-8-15(9-11-16)14-6-4-3-5-7-14/h3-13H,1-2H3. The molecule has 3 heterocycles. The predicted molar refractivity (Wildman–Crippen MR) is 116 cm³/mol. The van der Waals surface area contributed by atoms with Crippen molar-refractivity contribution in [3.8, 4) is 22.4 Å². The summed E-state index contributed by atoms with van der Waals surface area (Å²) < 4.78 is 1.01. The molecule has 6 heteroatoms. The van der Waals surface area contributed by atoms with Crippen LogP contribution in [-0.2, 0) is 0 Å². The van der Waals surface area contributed by atoms with Crippen molar-refractivity contribution < 1.29 is 0 Å². The third kappa shape index (κ3) is 2.78. The zero-order valence-electron chi connectivity index (χ0n) is 15.5. The van der Waals surface area contributed by atoms with E-state index >= 15 is 0 Å². The highest BCUT2D eigenvalue weighted by Crippen LogP contribution is 2.37. The number of anilines is 1. The van der Waals surface area contributed by atoms with Crippen molar-refractivity contribution in [2.45, 2.75) is 0 Å². The van der Waals surface area contributed by atoms with E-state index in [-0.39, 0.29) is 0 Å². The number of fused-ring (bicyclic) bond motifs is 3. The monoisotopic (exact) mass is 383 g/mol. The minimum Gasteiger partial charge on any atom is -0.347 e. The molecule has 0 N–H and O–H groups in total. The summed E-state index contributed by atoms with van der Waals surface area (Å²) in [5, 5.41) is 0. The molecule has 0 amide bonds. The molecule has 0 bridgehead atoms. The van der Waals surface area contributed by atoms with E-state index in [0.717, 1.165) is 31.8 Å². The predicted octanol–water partition coefficient (Wildman–Crippen LogP) is 5.03. The Labute approximate surface area is 166 Å². The highest BCUT2D eigenvalue weighted by molar-refractivity contribution is 7.25. The van der Waals surface area contributed by atoms with Crippen LogP contribution in [0.5, 0.6) is 0 Å². The van der Waals surface area contributed by atoms with Crippen molar-refractivity contribution in [1.29, 1.82) is 0 Å². The van der Waals surface area contributed by atoms with E-state index in [9.17, 15) is 0 Å².